The Balaban J connectivity index is 1.24. The number of benzene rings is 1. The van der Waals surface area contributed by atoms with Crippen molar-refractivity contribution in [2.75, 3.05) is 40.6 Å². The highest BCUT2D eigenvalue weighted by atomic mass is 35.5. The highest BCUT2D eigenvalue weighted by Crippen LogP contribution is 2.41. The maximum absolute atomic E-state index is 7.06. The molecule has 0 atom stereocenters. The van der Waals surface area contributed by atoms with Crippen LogP contribution in [0.4, 0.5) is 0 Å². The first-order valence-electron chi connectivity index (χ1n) is 15.7. The Morgan fingerprint density at radius 1 is 0.674 bits per heavy atom. The summed E-state index contributed by atoms with van der Waals surface area (Å²) in [6.45, 7) is 4.46. The number of ether oxygens (including phenoxy) is 4. The van der Waals surface area contributed by atoms with E-state index >= 15 is 0 Å². The van der Waals surface area contributed by atoms with Gasteiger partial charge in [-0.3, -0.25) is 4.98 Å². The van der Waals surface area contributed by atoms with Gasteiger partial charge in [0.25, 0.3) is 0 Å². The lowest BCUT2D eigenvalue weighted by molar-refractivity contribution is 0.0774. The van der Waals surface area contributed by atoms with Crippen molar-refractivity contribution in [1.82, 2.24) is 25.6 Å². The van der Waals surface area contributed by atoms with E-state index in [1.165, 1.54) is 0 Å². The molecule has 1 aromatic carbocycles. The number of methoxy groups -OCH3 is 2. The van der Waals surface area contributed by atoms with Crippen LogP contribution in [0.3, 0.4) is 0 Å². The molecule has 46 heavy (non-hydrogen) atoms. The molecule has 2 saturated heterocycles. The predicted octanol–water partition coefficient (Wildman–Crippen LogP) is 6.73. The van der Waals surface area contributed by atoms with E-state index in [2.05, 4.69) is 15.6 Å². The van der Waals surface area contributed by atoms with E-state index in [1.807, 2.05) is 48.5 Å². The summed E-state index contributed by atoms with van der Waals surface area (Å²) >= 11 is 14.1. The topological polar surface area (TPSA) is 99.7 Å². The lowest BCUT2D eigenvalue weighted by Gasteiger charge is -2.23. The van der Waals surface area contributed by atoms with Crippen LogP contribution >= 0.6 is 23.2 Å². The van der Waals surface area contributed by atoms with Gasteiger partial charge >= 0.3 is 0 Å². The summed E-state index contributed by atoms with van der Waals surface area (Å²) in [6.07, 6.45) is 5.71. The molecule has 2 aliphatic heterocycles. The van der Waals surface area contributed by atoms with Crippen molar-refractivity contribution in [2.45, 2.75) is 50.9 Å². The van der Waals surface area contributed by atoms with Crippen LogP contribution in [0, 0.1) is 0 Å². The minimum atomic E-state index is 0.421. The van der Waals surface area contributed by atoms with Gasteiger partial charge in [0, 0.05) is 85.6 Å². The van der Waals surface area contributed by atoms with Crippen molar-refractivity contribution in [2.24, 2.45) is 0 Å². The molecule has 5 heterocycles. The van der Waals surface area contributed by atoms with Gasteiger partial charge < -0.3 is 29.6 Å². The Hall–Kier alpha value is -3.31. The summed E-state index contributed by atoms with van der Waals surface area (Å²) in [6, 6.07) is 16.5. The zero-order valence-electron chi connectivity index (χ0n) is 26.2. The smallest absolute Gasteiger partial charge is 0.218 e. The maximum Gasteiger partial charge on any atom is 0.218 e. The van der Waals surface area contributed by atoms with Gasteiger partial charge in [0.05, 0.1) is 41.3 Å². The molecule has 0 saturated carbocycles. The van der Waals surface area contributed by atoms with Crippen molar-refractivity contribution >= 4 is 23.2 Å². The predicted molar refractivity (Wildman–Crippen MR) is 181 cm³/mol. The van der Waals surface area contributed by atoms with Crippen molar-refractivity contribution in [3.8, 4) is 45.5 Å². The quantitative estimate of drug-likeness (QED) is 0.181. The van der Waals surface area contributed by atoms with Crippen LogP contribution in [0.1, 0.15) is 36.8 Å². The molecule has 4 aromatic rings. The monoisotopic (exact) mass is 663 g/mol. The molecule has 6 rings (SSSR count). The molecule has 242 valence electrons. The van der Waals surface area contributed by atoms with Crippen LogP contribution in [-0.2, 0) is 22.6 Å². The fraction of sp³-hybridized carbons (Fsp3) is 0.400. The fourth-order valence-electron chi connectivity index (χ4n) is 5.92. The van der Waals surface area contributed by atoms with Crippen molar-refractivity contribution in [3.05, 3.63) is 75.9 Å². The third kappa shape index (κ3) is 7.46. The molecule has 0 spiro atoms. The third-order valence-corrected chi connectivity index (χ3v) is 9.35. The third-order valence-electron chi connectivity index (χ3n) is 8.56. The standard InChI is InChI=1S/C35H39Cl2N5O4/c1-43-34-22(20-39-24-11-16-45-17-12-24)6-8-29(41-34)26-4-3-5-28(31(26)36)33-32(37)27(10-15-38-33)30-9-7-23(35(42-30)44-2)21-40-25-13-18-46-19-14-25/h3-10,15,24-25,39-40H,11-14,16-21H2,1-2H3. The number of halogens is 2. The molecule has 0 radical (unpaired) electrons. The Kier molecular flexibility index (Phi) is 11.0. The first-order valence-corrected chi connectivity index (χ1v) is 16.5. The van der Waals surface area contributed by atoms with E-state index in [0.29, 0.717) is 69.6 Å². The van der Waals surface area contributed by atoms with Gasteiger partial charge in [-0.15, -0.1) is 0 Å². The molecule has 0 aliphatic carbocycles. The number of aromatic nitrogens is 3. The van der Waals surface area contributed by atoms with E-state index in [1.54, 1.807) is 20.4 Å². The van der Waals surface area contributed by atoms with Crippen LogP contribution in [0.5, 0.6) is 11.8 Å². The SMILES string of the molecule is COc1nc(-c2cccc(-c3nccc(-c4ccc(CNC5CCOCC5)c(OC)n4)c3Cl)c2Cl)ccc1CNC1CCOCC1. The second kappa shape index (κ2) is 15.5. The Morgan fingerprint density at radius 3 is 1.70 bits per heavy atom. The number of hydrogen-bond donors (Lipinski definition) is 2. The van der Waals surface area contributed by atoms with Gasteiger partial charge in [-0.05, 0) is 43.9 Å². The lowest BCUT2D eigenvalue weighted by atomic mass is 10.0. The van der Waals surface area contributed by atoms with Crippen LogP contribution < -0.4 is 20.1 Å². The number of rotatable bonds is 11. The van der Waals surface area contributed by atoms with E-state index in [-0.39, 0.29) is 0 Å². The Bertz CT molecular complexity index is 1520. The highest BCUT2D eigenvalue weighted by Gasteiger charge is 2.21. The lowest BCUT2D eigenvalue weighted by Crippen LogP contribution is -2.34. The van der Waals surface area contributed by atoms with Gasteiger partial charge in [0.1, 0.15) is 0 Å². The summed E-state index contributed by atoms with van der Waals surface area (Å²) in [5.74, 6) is 1.11. The number of nitrogens with one attached hydrogen (secondary N) is 2. The van der Waals surface area contributed by atoms with Gasteiger partial charge in [-0.1, -0.05) is 53.5 Å². The molecular weight excluding hydrogens is 625 g/mol. The molecular formula is C35H39Cl2N5O4. The van der Waals surface area contributed by atoms with E-state index in [4.69, 9.17) is 52.1 Å². The number of pyridine rings is 3. The average Bonchev–Trinajstić information content (AvgIpc) is 3.11. The average molecular weight is 665 g/mol. The first-order chi connectivity index (χ1) is 22.6. The Morgan fingerprint density at radius 2 is 1.17 bits per heavy atom. The van der Waals surface area contributed by atoms with Gasteiger partial charge in [0.15, 0.2) is 0 Å². The Labute approximate surface area is 280 Å². The maximum atomic E-state index is 7.06. The van der Waals surface area contributed by atoms with Gasteiger partial charge in [-0.2, -0.15) is 0 Å². The molecule has 2 fully saturated rings. The summed E-state index contributed by atoms with van der Waals surface area (Å²) in [4.78, 5) is 14.3. The molecule has 0 unspecified atom stereocenters. The second-order valence-electron chi connectivity index (χ2n) is 11.5. The molecule has 2 N–H and O–H groups in total. The first kappa shape index (κ1) is 32.6. The fourth-order valence-corrected chi connectivity index (χ4v) is 6.54. The van der Waals surface area contributed by atoms with Gasteiger partial charge in [0.2, 0.25) is 11.8 Å². The molecule has 0 amide bonds. The van der Waals surface area contributed by atoms with Crippen LogP contribution in [-0.4, -0.2) is 67.7 Å². The van der Waals surface area contributed by atoms with Gasteiger partial charge in [-0.25, -0.2) is 9.97 Å². The summed E-state index contributed by atoms with van der Waals surface area (Å²) in [5.41, 5.74) is 6.08. The van der Waals surface area contributed by atoms with Crippen molar-refractivity contribution in [3.63, 3.8) is 0 Å². The van der Waals surface area contributed by atoms with Crippen LogP contribution in [0.25, 0.3) is 33.8 Å². The number of hydrogen-bond acceptors (Lipinski definition) is 9. The molecule has 11 heteroatoms. The molecule has 0 bridgehead atoms. The normalized spacial score (nSPS) is 16.0. The molecule has 9 nitrogen and oxygen atoms in total. The zero-order valence-corrected chi connectivity index (χ0v) is 27.7. The minimum absolute atomic E-state index is 0.421. The zero-order chi connectivity index (χ0) is 31.9. The second-order valence-corrected chi connectivity index (χ2v) is 12.2. The van der Waals surface area contributed by atoms with Crippen molar-refractivity contribution in [1.29, 1.82) is 0 Å². The summed E-state index contributed by atoms with van der Waals surface area (Å²) < 4.78 is 22.3. The highest BCUT2D eigenvalue weighted by molar-refractivity contribution is 6.39. The van der Waals surface area contributed by atoms with Crippen LogP contribution in [0.15, 0.2) is 54.7 Å². The molecule has 2 aliphatic rings. The summed E-state index contributed by atoms with van der Waals surface area (Å²) in [5, 5.41) is 8.14. The van der Waals surface area contributed by atoms with E-state index in [9.17, 15) is 0 Å². The molecule has 3 aromatic heterocycles. The van der Waals surface area contributed by atoms with Crippen molar-refractivity contribution < 1.29 is 18.9 Å². The summed E-state index contributed by atoms with van der Waals surface area (Å²) in [7, 11) is 3.27. The minimum Gasteiger partial charge on any atom is -0.481 e. The largest absolute Gasteiger partial charge is 0.481 e. The van der Waals surface area contributed by atoms with Crippen LogP contribution in [0.2, 0.25) is 10.0 Å². The van der Waals surface area contributed by atoms with E-state index in [0.717, 1.165) is 74.4 Å². The number of nitrogens with zero attached hydrogens (tertiary/aromatic N) is 3. The van der Waals surface area contributed by atoms with E-state index < -0.39 is 0 Å².